The van der Waals surface area contributed by atoms with E-state index in [0.717, 1.165) is 29.6 Å². The number of halogens is 1. The monoisotopic (exact) mass is 444 g/mol. The fourth-order valence-electron chi connectivity index (χ4n) is 6.48. The molecule has 3 saturated carbocycles. The summed E-state index contributed by atoms with van der Waals surface area (Å²) < 4.78 is 13.4. The van der Waals surface area contributed by atoms with E-state index in [0.29, 0.717) is 5.92 Å². The van der Waals surface area contributed by atoms with Crippen LogP contribution < -0.4 is 0 Å². The van der Waals surface area contributed by atoms with Gasteiger partial charge in [-0.2, -0.15) is 17.7 Å². The molecule has 4 rings (SSSR count). The Morgan fingerprint density at radius 2 is 1.19 bits per heavy atom. The molecule has 0 unspecified atom stereocenters. The first-order valence-electron chi connectivity index (χ1n) is 11.4. The van der Waals surface area contributed by atoms with E-state index in [1.807, 2.05) is 0 Å². The molecule has 3 aliphatic carbocycles. The SMILES string of the molecule is CC1CCC(C2CCC(C3CCC(c4cc[c-]c(F)c4)CC3)CC2)CC1.[Y]. The smallest absolute Gasteiger partial charge is 0.0111 e. The molecule has 0 atom stereocenters. The van der Waals surface area contributed by atoms with Crippen molar-refractivity contribution >= 4 is 0 Å². The minimum absolute atomic E-state index is 0. The van der Waals surface area contributed by atoms with Crippen molar-refractivity contribution in [1.29, 1.82) is 0 Å². The maximum absolute atomic E-state index is 13.4. The molecule has 0 aromatic heterocycles. The van der Waals surface area contributed by atoms with Crippen LogP contribution in [0.2, 0.25) is 0 Å². The third-order valence-corrected chi connectivity index (χ3v) is 8.24. The fraction of sp³-hybridized carbons (Fsp3) is 0.760. The van der Waals surface area contributed by atoms with Crippen LogP contribution in [-0.4, -0.2) is 0 Å². The van der Waals surface area contributed by atoms with Crippen molar-refractivity contribution in [2.75, 3.05) is 0 Å². The van der Waals surface area contributed by atoms with Crippen molar-refractivity contribution in [2.45, 2.75) is 89.9 Å². The van der Waals surface area contributed by atoms with Gasteiger partial charge in [0.15, 0.2) is 0 Å². The summed E-state index contributed by atoms with van der Waals surface area (Å²) in [6.45, 7) is 2.44. The number of rotatable bonds is 3. The molecular formula is C25H36FY-. The van der Waals surface area contributed by atoms with Gasteiger partial charge in [-0.3, -0.25) is 0 Å². The normalized spacial score (nSPS) is 37.4. The molecule has 1 aromatic carbocycles. The van der Waals surface area contributed by atoms with Gasteiger partial charge in [-0.1, -0.05) is 19.8 Å². The second kappa shape index (κ2) is 10.3. The molecule has 0 nitrogen and oxygen atoms in total. The van der Waals surface area contributed by atoms with Crippen molar-refractivity contribution in [3.8, 4) is 0 Å². The zero-order valence-corrected chi connectivity index (χ0v) is 20.0. The Labute approximate surface area is 191 Å². The predicted octanol–water partition coefficient (Wildman–Crippen LogP) is 7.53. The Balaban J connectivity index is 0.00000210. The Kier molecular flexibility index (Phi) is 8.40. The molecule has 0 saturated heterocycles. The summed E-state index contributed by atoms with van der Waals surface area (Å²) >= 11 is 0. The Hall–Kier alpha value is 0.254. The summed E-state index contributed by atoms with van der Waals surface area (Å²) in [5.74, 6) is 5.38. The summed E-state index contributed by atoms with van der Waals surface area (Å²) in [4.78, 5) is 0. The molecule has 0 bridgehead atoms. The Morgan fingerprint density at radius 3 is 1.67 bits per heavy atom. The molecule has 147 valence electrons. The van der Waals surface area contributed by atoms with E-state index in [-0.39, 0.29) is 38.5 Å². The first-order valence-corrected chi connectivity index (χ1v) is 11.4. The van der Waals surface area contributed by atoms with E-state index in [1.54, 1.807) is 12.1 Å². The van der Waals surface area contributed by atoms with Crippen LogP contribution in [0.25, 0.3) is 0 Å². The second-order valence-corrected chi connectivity index (χ2v) is 9.78. The van der Waals surface area contributed by atoms with E-state index >= 15 is 0 Å². The summed E-state index contributed by atoms with van der Waals surface area (Å²) in [5.41, 5.74) is 1.20. The van der Waals surface area contributed by atoms with Crippen LogP contribution in [-0.2, 0) is 32.7 Å². The number of hydrogen-bond acceptors (Lipinski definition) is 0. The minimum atomic E-state index is -0.194. The zero-order chi connectivity index (χ0) is 17.9. The first-order chi connectivity index (χ1) is 12.7. The van der Waals surface area contributed by atoms with Crippen molar-refractivity contribution in [3.05, 3.63) is 35.6 Å². The number of benzene rings is 1. The molecule has 3 fully saturated rings. The van der Waals surface area contributed by atoms with Crippen molar-refractivity contribution in [1.82, 2.24) is 0 Å². The summed E-state index contributed by atoms with van der Waals surface area (Å²) in [6, 6.07) is 8.18. The molecule has 0 heterocycles. The van der Waals surface area contributed by atoms with Gasteiger partial charge in [0.05, 0.1) is 0 Å². The standard InChI is InChI=1S/C25H36F.Y/c1-18-5-7-19(8-6-18)20-9-11-21(12-10-20)22-13-15-23(16-14-22)24-3-2-4-25(26)17-24;/h2-3,17-23H,5-16H2,1H3;/q-1;. The Bertz CT molecular complexity index is 561. The van der Waals surface area contributed by atoms with E-state index in [9.17, 15) is 4.39 Å². The Morgan fingerprint density at radius 1 is 0.741 bits per heavy atom. The van der Waals surface area contributed by atoms with Crippen molar-refractivity contribution in [2.24, 2.45) is 29.6 Å². The summed E-state index contributed by atoms with van der Waals surface area (Å²) in [7, 11) is 0. The average Bonchev–Trinajstić information content (AvgIpc) is 2.69. The van der Waals surface area contributed by atoms with Crippen LogP contribution in [0.1, 0.15) is 95.5 Å². The van der Waals surface area contributed by atoms with Crippen LogP contribution >= 0.6 is 0 Å². The molecule has 1 radical (unpaired) electrons. The first kappa shape index (κ1) is 22.0. The zero-order valence-electron chi connectivity index (χ0n) is 17.1. The molecular weight excluding hydrogens is 408 g/mol. The van der Waals surface area contributed by atoms with Crippen LogP contribution in [0.4, 0.5) is 4.39 Å². The van der Waals surface area contributed by atoms with Crippen molar-refractivity contribution < 1.29 is 37.1 Å². The van der Waals surface area contributed by atoms with Crippen LogP contribution in [0.15, 0.2) is 18.2 Å². The summed E-state index contributed by atoms with van der Waals surface area (Å²) in [6.07, 6.45) is 17.2. The molecule has 3 aliphatic rings. The topological polar surface area (TPSA) is 0 Å². The van der Waals surface area contributed by atoms with E-state index < -0.39 is 0 Å². The molecule has 0 amide bonds. The van der Waals surface area contributed by atoms with Gasteiger partial charge in [0, 0.05) is 38.5 Å². The second-order valence-electron chi connectivity index (χ2n) is 9.78. The largest absolute Gasteiger partial charge is 0.236 e. The van der Waals surface area contributed by atoms with Gasteiger partial charge in [-0.25, -0.2) is 4.39 Å². The molecule has 0 aliphatic heterocycles. The molecule has 0 spiro atoms. The minimum Gasteiger partial charge on any atom is -0.236 e. The van der Waals surface area contributed by atoms with Gasteiger partial charge in [0.1, 0.15) is 0 Å². The third-order valence-electron chi connectivity index (χ3n) is 8.24. The van der Waals surface area contributed by atoms with Gasteiger partial charge in [0.25, 0.3) is 0 Å². The van der Waals surface area contributed by atoms with Gasteiger partial charge >= 0.3 is 0 Å². The van der Waals surface area contributed by atoms with Gasteiger partial charge in [-0.15, -0.1) is 12.1 Å². The number of hydrogen-bond donors (Lipinski definition) is 0. The van der Waals surface area contributed by atoms with E-state index in [4.69, 9.17) is 0 Å². The quantitative estimate of drug-likeness (QED) is 0.423. The molecule has 0 N–H and O–H groups in total. The van der Waals surface area contributed by atoms with Crippen LogP contribution in [0.3, 0.4) is 0 Å². The average molecular weight is 444 g/mol. The van der Waals surface area contributed by atoms with Gasteiger partial charge < -0.3 is 0 Å². The maximum Gasteiger partial charge on any atom is 0.0111 e. The van der Waals surface area contributed by atoms with Crippen molar-refractivity contribution in [3.63, 3.8) is 0 Å². The third kappa shape index (κ3) is 5.66. The molecule has 1 aromatic rings. The molecule has 2 heteroatoms. The van der Waals surface area contributed by atoms with Crippen LogP contribution in [0.5, 0.6) is 0 Å². The fourth-order valence-corrected chi connectivity index (χ4v) is 6.48. The maximum atomic E-state index is 13.4. The molecule has 27 heavy (non-hydrogen) atoms. The van der Waals surface area contributed by atoms with Gasteiger partial charge in [-0.05, 0) is 99.7 Å². The van der Waals surface area contributed by atoms with E-state index in [1.165, 1.54) is 82.6 Å². The van der Waals surface area contributed by atoms with Crippen LogP contribution in [0, 0.1) is 41.5 Å². The van der Waals surface area contributed by atoms with E-state index in [2.05, 4.69) is 19.1 Å². The predicted molar refractivity (Wildman–Crippen MR) is 107 cm³/mol. The van der Waals surface area contributed by atoms with Gasteiger partial charge in [0.2, 0.25) is 0 Å². The summed E-state index contributed by atoms with van der Waals surface area (Å²) in [5, 5.41) is 0.